The van der Waals surface area contributed by atoms with Crippen molar-refractivity contribution in [3.05, 3.63) is 82.6 Å². The van der Waals surface area contributed by atoms with Crippen LogP contribution in [-0.2, 0) is 6.42 Å². The van der Waals surface area contributed by atoms with Crippen LogP contribution in [0.2, 0.25) is 0 Å². The molecule has 1 heterocycles. The fourth-order valence-electron chi connectivity index (χ4n) is 3.58. The van der Waals surface area contributed by atoms with Crippen molar-refractivity contribution in [2.24, 2.45) is 0 Å². The van der Waals surface area contributed by atoms with Crippen molar-refractivity contribution in [1.29, 1.82) is 0 Å². The number of aryl methyl sites for hydroxylation is 1. The summed E-state index contributed by atoms with van der Waals surface area (Å²) in [6, 6.07) is 21.9. The average molecular weight is 395 g/mol. The second kappa shape index (κ2) is 7.08. The van der Waals surface area contributed by atoms with Gasteiger partial charge in [-0.25, -0.2) is 0 Å². The number of alkyl halides is 1. The van der Waals surface area contributed by atoms with Gasteiger partial charge in [-0.15, -0.1) is 0 Å². The van der Waals surface area contributed by atoms with E-state index < -0.39 is 0 Å². The van der Waals surface area contributed by atoms with Crippen molar-refractivity contribution in [3.63, 3.8) is 0 Å². The van der Waals surface area contributed by atoms with Crippen molar-refractivity contribution in [2.45, 2.75) is 24.1 Å². The standard InChI is InChI=1S/C18H15Br.C4H4S/c19-18-7-3-6-14-16-9-8-12-4-1-2-5-13(12)15(16)10-11-17(14)18;1-2-4-5-3-1/h1-2,4-5,8-11,18H,3,6-7H2;1-4H. The smallest absolute Gasteiger partial charge is 0.0398 e. The highest BCUT2D eigenvalue weighted by Gasteiger charge is 2.19. The lowest BCUT2D eigenvalue weighted by Gasteiger charge is -2.23. The number of benzene rings is 3. The molecule has 0 aliphatic heterocycles. The van der Waals surface area contributed by atoms with E-state index >= 15 is 0 Å². The van der Waals surface area contributed by atoms with E-state index in [9.17, 15) is 0 Å². The van der Waals surface area contributed by atoms with Gasteiger partial charge in [-0.3, -0.25) is 0 Å². The third-order valence-electron chi connectivity index (χ3n) is 4.72. The van der Waals surface area contributed by atoms with E-state index in [0.717, 1.165) is 0 Å². The van der Waals surface area contributed by atoms with Crippen LogP contribution in [0.5, 0.6) is 0 Å². The first-order valence-corrected chi connectivity index (χ1v) is 10.2. The molecule has 0 fully saturated rings. The molecule has 4 aromatic rings. The van der Waals surface area contributed by atoms with Gasteiger partial charge in [0, 0.05) is 4.83 Å². The summed E-state index contributed by atoms with van der Waals surface area (Å²) in [4.78, 5) is 0.534. The first-order chi connectivity index (χ1) is 11.8. The van der Waals surface area contributed by atoms with E-state index in [1.165, 1.54) is 46.4 Å². The number of rotatable bonds is 0. The van der Waals surface area contributed by atoms with E-state index in [2.05, 4.69) is 64.5 Å². The van der Waals surface area contributed by atoms with Gasteiger partial charge < -0.3 is 0 Å². The summed E-state index contributed by atoms with van der Waals surface area (Å²) in [7, 11) is 0. The monoisotopic (exact) mass is 394 g/mol. The van der Waals surface area contributed by atoms with Crippen LogP contribution < -0.4 is 0 Å². The SMILES string of the molecule is BrC1CCCc2c1ccc1c2ccc2ccccc21.c1ccsc1. The van der Waals surface area contributed by atoms with Crippen LogP contribution in [0.1, 0.15) is 28.8 Å². The molecule has 0 spiro atoms. The zero-order valence-electron chi connectivity index (χ0n) is 13.4. The van der Waals surface area contributed by atoms with Crippen LogP contribution in [0.25, 0.3) is 21.5 Å². The summed E-state index contributed by atoms with van der Waals surface area (Å²) < 4.78 is 0. The lowest BCUT2D eigenvalue weighted by molar-refractivity contribution is 0.685. The van der Waals surface area contributed by atoms with Crippen LogP contribution in [0, 0.1) is 0 Å². The summed E-state index contributed by atoms with van der Waals surface area (Å²) in [5.41, 5.74) is 3.05. The molecule has 1 atom stereocenters. The summed E-state index contributed by atoms with van der Waals surface area (Å²) in [5.74, 6) is 0. The van der Waals surface area contributed by atoms with Gasteiger partial charge in [0.05, 0.1) is 0 Å². The quantitative estimate of drug-likeness (QED) is 0.213. The van der Waals surface area contributed by atoms with Crippen LogP contribution in [0.15, 0.2) is 71.4 Å². The molecule has 1 aliphatic rings. The maximum atomic E-state index is 3.82. The number of thiophene rings is 1. The summed E-state index contributed by atoms with van der Waals surface area (Å²) in [6.45, 7) is 0. The highest BCUT2D eigenvalue weighted by Crippen LogP contribution is 2.40. The minimum Gasteiger partial charge on any atom is -0.152 e. The predicted octanol–water partition coefficient (Wildman–Crippen LogP) is 7.51. The molecule has 24 heavy (non-hydrogen) atoms. The maximum absolute atomic E-state index is 3.82. The summed E-state index contributed by atoms with van der Waals surface area (Å²) in [5, 5.41) is 9.64. The van der Waals surface area contributed by atoms with Gasteiger partial charge in [-0.05, 0) is 62.7 Å². The highest BCUT2D eigenvalue weighted by molar-refractivity contribution is 9.09. The minimum atomic E-state index is 0.534. The molecule has 0 bridgehead atoms. The van der Waals surface area contributed by atoms with Gasteiger partial charge in [0.2, 0.25) is 0 Å². The minimum absolute atomic E-state index is 0.534. The van der Waals surface area contributed by atoms with Crippen LogP contribution in [-0.4, -0.2) is 0 Å². The molecule has 0 N–H and O–H groups in total. The zero-order chi connectivity index (χ0) is 16.4. The Morgan fingerprint density at radius 3 is 2.38 bits per heavy atom. The fourth-order valence-corrected chi connectivity index (χ4v) is 4.79. The van der Waals surface area contributed by atoms with E-state index in [4.69, 9.17) is 0 Å². The molecule has 120 valence electrons. The fraction of sp³-hybridized carbons (Fsp3) is 0.182. The molecule has 2 heteroatoms. The Morgan fingerprint density at radius 1 is 0.792 bits per heavy atom. The third-order valence-corrected chi connectivity index (χ3v) is 6.30. The molecular weight excluding hydrogens is 376 g/mol. The summed E-state index contributed by atoms with van der Waals surface area (Å²) >= 11 is 5.54. The lowest BCUT2D eigenvalue weighted by atomic mass is 9.86. The zero-order valence-corrected chi connectivity index (χ0v) is 15.8. The molecule has 1 aliphatic carbocycles. The van der Waals surface area contributed by atoms with Crippen LogP contribution >= 0.6 is 27.3 Å². The molecule has 3 aromatic carbocycles. The predicted molar refractivity (Wildman–Crippen MR) is 110 cm³/mol. The molecule has 0 saturated heterocycles. The van der Waals surface area contributed by atoms with Gasteiger partial charge >= 0.3 is 0 Å². The Bertz CT molecular complexity index is 939. The van der Waals surface area contributed by atoms with Crippen LogP contribution in [0.3, 0.4) is 0 Å². The number of hydrogen-bond donors (Lipinski definition) is 0. The topological polar surface area (TPSA) is 0 Å². The maximum Gasteiger partial charge on any atom is 0.0398 e. The molecule has 0 radical (unpaired) electrons. The largest absolute Gasteiger partial charge is 0.152 e. The van der Waals surface area contributed by atoms with Gasteiger partial charge in [-0.2, -0.15) is 11.3 Å². The average Bonchev–Trinajstić information content (AvgIpc) is 3.21. The molecule has 0 amide bonds. The highest BCUT2D eigenvalue weighted by atomic mass is 79.9. The van der Waals surface area contributed by atoms with Crippen molar-refractivity contribution in [3.8, 4) is 0 Å². The Morgan fingerprint density at radius 2 is 1.58 bits per heavy atom. The van der Waals surface area contributed by atoms with Gasteiger partial charge in [-0.1, -0.05) is 76.6 Å². The first kappa shape index (κ1) is 15.9. The molecule has 0 saturated carbocycles. The van der Waals surface area contributed by atoms with Crippen molar-refractivity contribution in [1.82, 2.24) is 0 Å². The first-order valence-electron chi connectivity index (χ1n) is 8.39. The lowest BCUT2D eigenvalue weighted by Crippen LogP contribution is -2.05. The van der Waals surface area contributed by atoms with E-state index in [1.807, 2.05) is 22.9 Å². The van der Waals surface area contributed by atoms with E-state index in [0.29, 0.717) is 4.83 Å². The molecule has 5 rings (SSSR count). The Balaban J connectivity index is 0.000000252. The second-order valence-electron chi connectivity index (χ2n) is 6.17. The van der Waals surface area contributed by atoms with E-state index in [-0.39, 0.29) is 0 Å². The second-order valence-corrected chi connectivity index (χ2v) is 8.09. The summed E-state index contributed by atoms with van der Waals surface area (Å²) in [6.07, 6.45) is 3.76. The van der Waals surface area contributed by atoms with E-state index in [1.54, 1.807) is 16.9 Å². The normalized spacial score (nSPS) is 16.5. The molecular formula is C22H19BrS. The number of halogens is 1. The van der Waals surface area contributed by atoms with Gasteiger partial charge in [0.1, 0.15) is 0 Å². The van der Waals surface area contributed by atoms with Crippen molar-refractivity contribution in [2.75, 3.05) is 0 Å². The molecule has 1 aromatic heterocycles. The van der Waals surface area contributed by atoms with Crippen LogP contribution in [0.4, 0.5) is 0 Å². The molecule has 0 nitrogen and oxygen atoms in total. The van der Waals surface area contributed by atoms with Gasteiger partial charge in [0.25, 0.3) is 0 Å². The Labute approximate surface area is 155 Å². The number of hydrogen-bond acceptors (Lipinski definition) is 1. The van der Waals surface area contributed by atoms with Crippen molar-refractivity contribution < 1.29 is 0 Å². The Kier molecular flexibility index (Phi) is 4.68. The number of fused-ring (bicyclic) bond motifs is 5. The van der Waals surface area contributed by atoms with Gasteiger partial charge in [0.15, 0.2) is 0 Å². The Hall–Kier alpha value is -1.64. The third kappa shape index (κ3) is 3.01. The van der Waals surface area contributed by atoms with Crippen molar-refractivity contribution >= 4 is 48.8 Å². The molecule has 1 unspecified atom stereocenters.